The van der Waals surface area contributed by atoms with Crippen molar-refractivity contribution in [3.8, 4) is 16.9 Å². The number of sulfonamides is 1. The molecule has 0 radical (unpaired) electrons. The van der Waals surface area contributed by atoms with Crippen molar-refractivity contribution in [2.45, 2.75) is 31.8 Å². The molecule has 0 unspecified atom stereocenters. The van der Waals surface area contributed by atoms with Crippen LogP contribution >= 0.6 is 0 Å². The highest BCUT2D eigenvalue weighted by molar-refractivity contribution is 7.95. The quantitative estimate of drug-likeness (QED) is 0.636. The Kier molecular flexibility index (Phi) is 5.39. The number of anilines is 1. The van der Waals surface area contributed by atoms with Crippen LogP contribution in [0.1, 0.15) is 25.7 Å². The summed E-state index contributed by atoms with van der Waals surface area (Å²) < 4.78 is 34.3. The van der Waals surface area contributed by atoms with Gasteiger partial charge >= 0.3 is 0 Å². The molecule has 1 heterocycles. The Bertz CT molecular complexity index is 1270. The molecule has 0 bridgehead atoms. The summed E-state index contributed by atoms with van der Waals surface area (Å²) in [5, 5.41) is 2.26. The fraction of sp³-hybridized carbons (Fsp3) is 0.261. The van der Waals surface area contributed by atoms with Crippen molar-refractivity contribution in [1.82, 2.24) is 4.57 Å². The Morgan fingerprint density at radius 3 is 2.50 bits per heavy atom. The molecule has 156 valence electrons. The van der Waals surface area contributed by atoms with E-state index in [0.717, 1.165) is 47.6 Å². The average Bonchev–Trinajstić information content (AvgIpc) is 3.25. The third-order valence-corrected chi connectivity index (χ3v) is 6.39. The monoisotopic (exact) mass is 424 g/mol. The van der Waals surface area contributed by atoms with Crippen LogP contribution in [0.15, 0.2) is 65.4 Å². The number of ether oxygens (including phenoxy) is 1. The third kappa shape index (κ3) is 3.98. The number of nitrogens with one attached hydrogen (secondary N) is 1. The molecule has 1 aliphatic rings. The molecule has 3 aromatic rings. The Hall–Kier alpha value is -3.06. The summed E-state index contributed by atoms with van der Waals surface area (Å²) >= 11 is 0. The summed E-state index contributed by atoms with van der Waals surface area (Å²) in [7, 11) is -1.94. The predicted octanol–water partition coefficient (Wildman–Crippen LogP) is 4.41. The van der Waals surface area contributed by atoms with Crippen LogP contribution in [0, 0.1) is 0 Å². The minimum atomic E-state index is -3.65. The number of fused-ring (bicyclic) bond motifs is 1. The van der Waals surface area contributed by atoms with Crippen LogP contribution in [0.25, 0.3) is 21.9 Å². The molecule has 1 aromatic heterocycles. The van der Waals surface area contributed by atoms with Gasteiger partial charge in [0.25, 0.3) is 15.6 Å². The molecule has 1 fully saturated rings. The van der Waals surface area contributed by atoms with Gasteiger partial charge in [-0.3, -0.25) is 9.52 Å². The molecule has 4 rings (SSSR count). The second kappa shape index (κ2) is 7.99. The SMILES string of the molecule is C=CS(=O)(=O)Nc1ccc(OC2CCCC2)c(-c2cn(C)c(=O)c3ccccc23)c1. The van der Waals surface area contributed by atoms with Crippen molar-refractivity contribution in [3.63, 3.8) is 0 Å². The maximum atomic E-state index is 12.6. The number of nitrogens with zero attached hydrogens (tertiary/aromatic N) is 1. The predicted molar refractivity (Wildman–Crippen MR) is 120 cm³/mol. The highest BCUT2D eigenvalue weighted by Crippen LogP contribution is 2.38. The van der Waals surface area contributed by atoms with Crippen LogP contribution in [0.3, 0.4) is 0 Å². The molecule has 0 spiro atoms. The van der Waals surface area contributed by atoms with Gasteiger partial charge in [-0.25, -0.2) is 8.42 Å². The summed E-state index contributed by atoms with van der Waals surface area (Å²) in [6, 6.07) is 12.6. The minimum Gasteiger partial charge on any atom is -0.490 e. The second-order valence-electron chi connectivity index (χ2n) is 7.55. The molecule has 1 N–H and O–H groups in total. The van der Waals surface area contributed by atoms with Crippen molar-refractivity contribution < 1.29 is 13.2 Å². The van der Waals surface area contributed by atoms with E-state index in [9.17, 15) is 13.2 Å². The van der Waals surface area contributed by atoms with E-state index >= 15 is 0 Å². The third-order valence-electron chi connectivity index (χ3n) is 5.44. The largest absolute Gasteiger partial charge is 0.490 e. The van der Waals surface area contributed by atoms with E-state index in [0.29, 0.717) is 16.8 Å². The highest BCUT2D eigenvalue weighted by atomic mass is 32.2. The molecule has 0 aliphatic heterocycles. The number of hydrogen-bond acceptors (Lipinski definition) is 4. The number of benzene rings is 2. The molecule has 2 aromatic carbocycles. The lowest BCUT2D eigenvalue weighted by atomic mass is 9.99. The van der Waals surface area contributed by atoms with Crippen LogP contribution < -0.4 is 15.0 Å². The number of rotatable bonds is 6. The molecule has 0 amide bonds. The fourth-order valence-corrected chi connectivity index (χ4v) is 4.47. The number of hydrogen-bond donors (Lipinski definition) is 1. The lowest BCUT2D eigenvalue weighted by Gasteiger charge is -2.19. The molecular formula is C23H24N2O4S. The van der Waals surface area contributed by atoms with E-state index in [-0.39, 0.29) is 11.7 Å². The molecule has 0 saturated heterocycles. The standard InChI is InChI=1S/C23H24N2O4S/c1-3-30(27,28)24-16-12-13-22(29-17-8-4-5-9-17)20(14-16)21-15-25(2)23(26)19-11-7-6-10-18(19)21/h3,6-7,10-15,17,24H,1,4-5,8-9H2,2H3. The molecule has 1 aliphatic carbocycles. The lowest BCUT2D eigenvalue weighted by Crippen LogP contribution is -2.17. The van der Waals surface area contributed by atoms with Crippen LogP contribution in [0.4, 0.5) is 5.69 Å². The van der Waals surface area contributed by atoms with E-state index in [2.05, 4.69) is 11.3 Å². The van der Waals surface area contributed by atoms with Crippen LogP contribution in [-0.4, -0.2) is 19.1 Å². The average molecular weight is 425 g/mol. The first-order valence-corrected chi connectivity index (χ1v) is 11.5. The highest BCUT2D eigenvalue weighted by Gasteiger charge is 2.20. The van der Waals surface area contributed by atoms with Gasteiger partial charge in [-0.05, 0) is 55.3 Å². The smallest absolute Gasteiger partial charge is 0.258 e. The van der Waals surface area contributed by atoms with Crippen molar-refractivity contribution in [2.24, 2.45) is 7.05 Å². The summed E-state index contributed by atoms with van der Waals surface area (Å²) in [6.07, 6.45) is 6.18. The number of aromatic nitrogens is 1. The minimum absolute atomic E-state index is 0.0869. The lowest BCUT2D eigenvalue weighted by molar-refractivity contribution is 0.211. The molecule has 0 atom stereocenters. The Morgan fingerprint density at radius 1 is 1.10 bits per heavy atom. The van der Waals surface area contributed by atoms with Crippen molar-refractivity contribution >= 4 is 26.5 Å². The molecule has 1 saturated carbocycles. The Morgan fingerprint density at radius 2 is 1.80 bits per heavy atom. The van der Waals surface area contributed by atoms with Crippen molar-refractivity contribution in [3.05, 3.63) is 71.0 Å². The maximum Gasteiger partial charge on any atom is 0.258 e. The van der Waals surface area contributed by atoms with Gasteiger partial charge in [0.1, 0.15) is 5.75 Å². The van der Waals surface area contributed by atoms with E-state index in [1.807, 2.05) is 18.2 Å². The van der Waals surface area contributed by atoms with E-state index in [4.69, 9.17) is 4.74 Å². The second-order valence-corrected chi connectivity index (χ2v) is 9.18. The van der Waals surface area contributed by atoms with E-state index < -0.39 is 10.0 Å². The summed E-state index contributed by atoms with van der Waals surface area (Å²) in [6.45, 7) is 3.34. The molecule has 30 heavy (non-hydrogen) atoms. The van der Waals surface area contributed by atoms with E-state index in [1.165, 1.54) is 4.57 Å². The van der Waals surface area contributed by atoms with Gasteiger partial charge in [0, 0.05) is 40.9 Å². The maximum absolute atomic E-state index is 12.6. The summed E-state index contributed by atoms with van der Waals surface area (Å²) in [5.41, 5.74) is 1.86. The van der Waals surface area contributed by atoms with Gasteiger partial charge in [0.2, 0.25) is 0 Å². The number of pyridine rings is 1. The first kappa shape index (κ1) is 20.2. The number of aryl methyl sites for hydroxylation is 1. The van der Waals surface area contributed by atoms with Crippen molar-refractivity contribution in [1.29, 1.82) is 0 Å². The fourth-order valence-electron chi connectivity index (χ4n) is 3.93. The van der Waals surface area contributed by atoms with Gasteiger partial charge in [-0.1, -0.05) is 24.8 Å². The van der Waals surface area contributed by atoms with Crippen LogP contribution in [0.2, 0.25) is 0 Å². The first-order chi connectivity index (χ1) is 14.4. The van der Waals surface area contributed by atoms with Gasteiger partial charge in [-0.15, -0.1) is 0 Å². The normalized spacial score (nSPS) is 14.7. The Balaban J connectivity index is 1.91. The van der Waals surface area contributed by atoms with Gasteiger partial charge < -0.3 is 9.30 Å². The van der Waals surface area contributed by atoms with Gasteiger partial charge in [0.05, 0.1) is 6.10 Å². The first-order valence-electron chi connectivity index (χ1n) is 9.92. The van der Waals surface area contributed by atoms with Crippen molar-refractivity contribution in [2.75, 3.05) is 4.72 Å². The van der Waals surface area contributed by atoms with Crippen LogP contribution in [0.5, 0.6) is 5.75 Å². The molecule has 7 heteroatoms. The topological polar surface area (TPSA) is 77.4 Å². The zero-order chi connectivity index (χ0) is 21.3. The van der Waals surface area contributed by atoms with Gasteiger partial charge in [-0.2, -0.15) is 0 Å². The van der Waals surface area contributed by atoms with Crippen LogP contribution in [-0.2, 0) is 17.1 Å². The summed E-state index contributed by atoms with van der Waals surface area (Å²) in [4.78, 5) is 12.6. The molecule has 6 nitrogen and oxygen atoms in total. The zero-order valence-corrected chi connectivity index (χ0v) is 17.6. The zero-order valence-electron chi connectivity index (χ0n) is 16.8. The van der Waals surface area contributed by atoms with Gasteiger partial charge in [0.15, 0.2) is 0 Å². The molecular weight excluding hydrogens is 400 g/mol. The Labute approximate surface area is 175 Å². The summed E-state index contributed by atoms with van der Waals surface area (Å²) in [5.74, 6) is 0.673. The van der Waals surface area contributed by atoms with E-state index in [1.54, 1.807) is 37.5 Å².